The molecule has 0 bridgehead atoms. The van der Waals surface area contributed by atoms with Crippen LogP contribution in [0.3, 0.4) is 0 Å². The van der Waals surface area contributed by atoms with Crippen molar-refractivity contribution in [2.24, 2.45) is 0 Å². The first-order valence-corrected chi connectivity index (χ1v) is 7.77. The summed E-state index contributed by atoms with van der Waals surface area (Å²) in [6.07, 6.45) is -0.580. The molecule has 0 fully saturated rings. The molecular weight excluding hydrogens is 290 g/mol. The summed E-state index contributed by atoms with van der Waals surface area (Å²) in [7, 11) is 0. The number of ether oxygens (including phenoxy) is 2. The lowest BCUT2D eigenvalue weighted by Crippen LogP contribution is -2.30. The lowest BCUT2D eigenvalue weighted by atomic mass is 10.1. The van der Waals surface area contributed by atoms with Crippen molar-refractivity contribution in [3.8, 4) is 11.5 Å². The zero-order valence-corrected chi connectivity index (χ0v) is 14.1. The molecule has 2 rings (SSSR count). The van der Waals surface area contributed by atoms with E-state index in [1.165, 1.54) is 5.56 Å². The average molecular weight is 313 g/mol. The number of carbonyl (C=O) groups excluding carboxylic acids is 1. The van der Waals surface area contributed by atoms with Crippen molar-refractivity contribution in [3.63, 3.8) is 0 Å². The Morgan fingerprint density at radius 3 is 2.30 bits per heavy atom. The standard InChI is InChI=1S/C19H23NO3/c1-5-22-17-10-7-16(8-11-17)20-19(21)15(4)23-18-9-6-13(2)14(3)12-18/h6-12,15H,5H2,1-4H3,(H,20,21). The van der Waals surface area contributed by atoms with Crippen LogP contribution in [0.15, 0.2) is 42.5 Å². The molecule has 0 spiro atoms. The van der Waals surface area contributed by atoms with Crippen LogP contribution in [0.1, 0.15) is 25.0 Å². The number of nitrogens with one attached hydrogen (secondary N) is 1. The Balaban J connectivity index is 1.95. The molecular formula is C19H23NO3. The molecule has 23 heavy (non-hydrogen) atoms. The second-order valence-corrected chi connectivity index (χ2v) is 5.45. The third-order valence-electron chi connectivity index (χ3n) is 3.59. The minimum absolute atomic E-state index is 0.188. The highest BCUT2D eigenvalue weighted by molar-refractivity contribution is 5.94. The van der Waals surface area contributed by atoms with Crippen LogP contribution < -0.4 is 14.8 Å². The molecule has 0 aliphatic heterocycles. The smallest absolute Gasteiger partial charge is 0.265 e. The van der Waals surface area contributed by atoms with Gasteiger partial charge in [0.1, 0.15) is 11.5 Å². The first-order valence-electron chi connectivity index (χ1n) is 7.77. The Hall–Kier alpha value is -2.49. The van der Waals surface area contributed by atoms with E-state index in [4.69, 9.17) is 9.47 Å². The van der Waals surface area contributed by atoms with E-state index >= 15 is 0 Å². The fourth-order valence-electron chi connectivity index (χ4n) is 2.09. The van der Waals surface area contributed by atoms with Crippen molar-refractivity contribution >= 4 is 11.6 Å². The summed E-state index contributed by atoms with van der Waals surface area (Å²) in [5.41, 5.74) is 3.06. The third-order valence-corrected chi connectivity index (χ3v) is 3.59. The third kappa shape index (κ3) is 4.74. The number of rotatable bonds is 6. The van der Waals surface area contributed by atoms with Gasteiger partial charge in [0, 0.05) is 5.69 Å². The quantitative estimate of drug-likeness (QED) is 0.873. The molecule has 0 aliphatic carbocycles. The van der Waals surface area contributed by atoms with Gasteiger partial charge in [-0.2, -0.15) is 0 Å². The normalized spacial score (nSPS) is 11.7. The van der Waals surface area contributed by atoms with Crippen LogP contribution in [0.25, 0.3) is 0 Å². The van der Waals surface area contributed by atoms with Gasteiger partial charge < -0.3 is 14.8 Å². The van der Waals surface area contributed by atoms with Crippen LogP contribution in [-0.4, -0.2) is 18.6 Å². The maximum atomic E-state index is 12.2. The van der Waals surface area contributed by atoms with Crippen LogP contribution >= 0.6 is 0 Å². The van der Waals surface area contributed by atoms with Gasteiger partial charge in [-0.25, -0.2) is 0 Å². The second kappa shape index (κ2) is 7.68. The van der Waals surface area contributed by atoms with Gasteiger partial charge in [-0.3, -0.25) is 4.79 Å². The van der Waals surface area contributed by atoms with Gasteiger partial charge in [-0.05, 0) is 75.2 Å². The van der Waals surface area contributed by atoms with Crippen molar-refractivity contribution < 1.29 is 14.3 Å². The number of amides is 1. The predicted octanol–water partition coefficient (Wildman–Crippen LogP) is 4.11. The van der Waals surface area contributed by atoms with Crippen LogP contribution in [-0.2, 0) is 4.79 Å². The molecule has 2 aromatic carbocycles. The Morgan fingerprint density at radius 1 is 1.04 bits per heavy atom. The SMILES string of the molecule is CCOc1ccc(NC(=O)C(C)Oc2ccc(C)c(C)c2)cc1. The highest BCUT2D eigenvalue weighted by Crippen LogP contribution is 2.19. The molecule has 0 saturated heterocycles. The van der Waals surface area contributed by atoms with Crippen LogP contribution in [0.5, 0.6) is 11.5 Å². The summed E-state index contributed by atoms with van der Waals surface area (Å²) in [6, 6.07) is 13.1. The molecule has 4 heteroatoms. The van der Waals surface area contributed by atoms with Gasteiger partial charge in [0.05, 0.1) is 6.61 Å². The summed E-state index contributed by atoms with van der Waals surface area (Å²) < 4.78 is 11.1. The van der Waals surface area contributed by atoms with Crippen molar-refractivity contribution in [1.82, 2.24) is 0 Å². The molecule has 0 aromatic heterocycles. The van der Waals surface area contributed by atoms with Gasteiger partial charge in [-0.1, -0.05) is 6.07 Å². The summed E-state index contributed by atoms with van der Waals surface area (Å²) in [6.45, 7) is 8.35. The topological polar surface area (TPSA) is 47.6 Å². The van der Waals surface area contributed by atoms with Gasteiger partial charge in [0.15, 0.2) is 6.10 Å². The van der Waals surface area contributed by atoms with E-state index in [9.17, 15) is 4.79 Å². The van der Waals surface area contributed by atoms with E-state index in [0.29, 0.717) is 18.0 Å². The van der Waals surface area contributed by atoms with Crippen molar-refractivity contribution in [3.05, 3.63) is 53.6 Å². The first kappa shape index (κ1) is 16.9. The van der Waals surface area contributed by atoms with Crippen molar-refractivity contribution in [2.75, 3.05) is 11.9 Å². The van der Waals surface area contributed by atoms with Crippen LogP contribution in [0.2, 0.25) is 0 Å². The minimum atomic E-state index is -0.580. The molecule has 0 heterocycles. The second-order valence-electron chi connectivity index (χ2n) is 5.45. The molecule has 0 radical (unpaired) electrons. The number of hydrogen-bond acceptors (Lipinski definition) is 3. The maximum Gasteiger partial charge on any atom is 0.265 e. The Morgan fingerprint density at radius 2 is 1.70 bits per heavy atom. The Bertz CT molecular complexity index is 665. The maximum absolute atomic E-state index is 12.2. The predicted molar refractivity (Wildman–Crippen MR) is 92.2 cm³/mol. The summed E-state index contributed by atoms with van der Waals surface area (Å²) in [4.78, 5) is 12.2. The number of anilines is 1. The summed E-state index contributed by atoms with van der Waals surface area (Å²) in [5.74, 6) is 1.29. The summed E-state index contributed by atoms with van der Waals surface area (Å²) >= 11 is 0. The van der Waals surface area contributed by atoms with Crippen LogP contribution in [0.4, 0.5) is 5.69 Å². The largest absolute Gasteiger partial charge is 0.494 e. The fourth-order valence-corrected chi connectivity index (χ4v) is 2.09. The highest BCUT2D eigenvalue weighted by atomic mass is 16.5. The van der Waals surface area contributed by atoms with E-state index in [0.717, 1.165) is 11.3 Å². The molecule has 122 valence electrons. The van der Waals surface area contributed by atoms with Gasteiger partial charge in [0.2, 0.25) is 0 Å². The Labute approximate surface area is 137 Å². The molecule has 1 atom stereocenters. The molecule has 1 amide bonds. The number of carbonyl (C=O) groups is 1. The zero-order valence-electron chi connectivity index (χ0n) is 14.1. The molecule has 1 unspecified atom stereocenters. The van der Waals surface area contributed by atoms with Gasteiger partial charge >= 0.3 is 0 Å². The molecule has 0 aliphatic rings. The van der Waals surface area contributed by atoms with E-state index in [1.54, 1.807) is 6.92 Å². The molecule has 4 nitrogen and oxygen atoms in total. The van der Waals surface area contributed by atoms with E-state index < -0.39 is 6.10 Å². The van der Waals surface area contributed by atoms with Crippen LogP contribution in [0, 0.1) is 13.8 Å². The first-order chi connectivity index (χ1) is 11.0. The average Bonchev–Trinajstić information content (AvgIpc) is 2.53. The number of benzene rings is 2. The Kier molecular flexibility index (Phi) is 5.63. The summed E-state index contributed by atoms with van der Waals surface area (Å²) in [5, 5.41) is 2.84. The molecule has 0 saturated carbocycles. The monoisotopic (exact) mass is 313 g/mol. The molecule has 2 aromatic rings. The number of hydrogen-bond donors (Lipinski definition) is 1. The van der Waals surface area contributed by atoms with Crippen molar-refractivity contribution in [1.29, 1.82) is 0 Å². The van der Waals surface area contributed by atoms with Crippen molar-refractivity contribution in [2.45, 2.75) is 33.8 Å². The van der Waals surface area contributed by atoms with E-state index in [1.807, 2.05) is 63.2 Å². The number of aryl methyl sites for hydroxylation is 2. The zero-order chi connectivity index (χ0) is 16.8. The van der Waals surface area contributed by atoms with Gasteiger partial charge in [0.25, 0.3) is 5.91 Å². The lowest BCUT2D eigenvalue weighted by Gasteiger charge is -2.16. The fraction of sp³-hybridized carbons (Fsp3) is 0.316. The highest BCUT2D eigenvalue weighted by Gasteiger charge is 2.15. The lowest BCUT2D eigenvalue weighted by molar-refractivity contribution is -0.122. The van der Waals surface area contributed by atoms with Gasteiger partial charge in [-0.15, -0.1) is 0 Å². The van der Waals surface area contributed by atoms with E-state index in [-0.39, 0.29) is 5.91 Å². The minimum Gasteiger partial charge on any atom is -0.494 e. The van der Waals surface area contributed by atoms with E-state index in [2.05, 4.69) is 5.32 Å². The molecule has 1 N–H and O–H groups in total.